The molecular weight excluding hydrogens is 266 g/mol. The van der Waals surface area contributed by atoms with Crippen molar-refractivity contribution in [1.29, 1.82) is 0 Å². The highest BCUT2D eigenvalue weighted by Crippen LogP contribution is 2.32. The number of nitrogens with one attached hydrogen (secondary N) is 1. The van der Waals surface area contributed by atoms with Gasteiger partial charge in [-0.2, -0.15) is 0 Å². The van der Waals surface area contributed by atoms with Crippen molar-refractivity contribution in [2.24, 2.45) is 0 Å². The van der Waals surface area contributed by atoms with Crippen molar-refractivity contribution >= 4 is 23.4 Å². The molecular formula is C13H14ClN3S. The molecule has 0 amide bonds. The van der Waals surface area contributed by atoms with Crippen LogP contribution in [0.25, 0.3) is 0 Å². The Hall–Kier alpha value is -1.10. The third-order valence-corrected chi connectivity index (χ3v) is 3.80. The minimum absolute atomic E-state index is 0.767. The lowest BCUT2D eigenvalue weighted by Crippen LogP contribution is -2.12. The first kappa shape index (κ1) is 13.3. The fourth-order valence-electron chi connectivity index (χ4n) is 1.51. The van der Waals surface area contributed by atoms with Gasteiger partial charge in [0.2, 0.25) is 0 Å². The van der Waals surface area contributed by atoms with Gasteiger partial charge in [-0.1, -0.05) is 36.4 Å². The molecule has 0 bridgehead atoms. The summed E-state index contributed by atoms with van der Waals surface area (Å²) in [6, 6.07) is 7.83. The van der Waals surface area contributed by atoms with Gasteiger partial charge in [-0.15, -0.1) is 0 Å². The van der Waals surface area contributed by atoms with Gasteiger partial charge in [-0.05, 0) is 30.3 Å². The van der Waals surface area contributed by atoms with Gasteiger partial charge in [0, 0.05) is 22.7 Å². The molecule has 1 heterocycles. The summed E-state index contributed by atoms with van der Waals surface area (Å²) in [4.78, 5) is 9.25. The Morgan fingerprint density at radius 1 is 1.33 bits per heavy atom. The van der Waals surface area contributed by atoms with Crippen molar-refractivity contribution in [3.8, 4) is 0 Å². The minimum Gasteiger partial charge on any atom is -0.313 e. The number of nitrogens with zero attached hydrogens (tertiary/aromatic N) is 2. The number of hydrogen-bond donors (Lipinski definition) is 1. The second-order valence-corrected chi connectivity index (χ2v) is 5.12. The second-order valence-electron chi connectivity index (χ2n) is 3.65. The van der Waals surface area contributed by atoms with E-state index in [0.29, 0.717) is 0 Å². The zero-order valence-electron chi connectivity index (χ0n) is 10.1. The van der Waals surface area contributed by atoms with Crippen LogP contribution >= 0.6 is 23.4 Å². The largest absolute Gasteiger partial charge is 0.313 e. The molecule has 94 valence electrons. The van der Waals surface area contributed by atoms with Crippen LogP contribution in [-0.2, 0) is 6.54 Å². The molecule has 1 N–H and O–H groups in total. The summed E-state index contributed by atoms with van der Waals surface area (Å²) in [5, 5.41) is 5.01. The highest BCUT2D eigenvalue weighted by Gasteiger charge is 2.08. The molecule has 2 rings (SSSR count). The normalized spacial score (nSPS) is 10.6. The summed E-state index contributed by atoms with van der Waals surface area (Å²) in [6.45, 7) is 3.76. The van der Waals surface area contributed by atoms with E-state index in [1.54, 1.807) is 24.3 Å². The lowest BCUT2D eigenvalue weighted by molar-refractivity contribution is 0.718. The highest BCUT2D eigenvalue weighted by molar-refractivity contribution is 7.99. The van der Waals surface area contributed by atoms with Gasteiger partial charge in [-0.25, -0.2) is 9.97 Å². The van der Waals surface area contributed by atoms with Crippen molar-refractivity contribution in [3.63, 3.8) is 0 Å². The predicted molar refractivity (Wildman–Crippen MR) is 75.0 cm³/mol. The zero-order valence-corrected chi connectivity index (χ0v) is 11.6. The summed E-state index contributed by atoms with van der Waals surface area (Å²) < 4.78 is 0. The van der Waals surface area contributed by atoms with Crippen LogP contribution in [0.2, 0.25) is 5.02 Å². The SMILES string of the molecule is CCNCc1c(Cl)cccc1Sc1ccncn1. The average molecular weight is 280 g/mol. The molecule has 0 fully saturated rings. The topological polar surface area (TPSA) is 37.8 Å². The van der Waals surface area contributed by atoms with Crippen LogP contribution in [0.5, 0.6) is 0 Å². The van der Waals surface area contributed by atoms with Gasteiger partial charge >= 0.3 is 0 Å². The molecule has 0 atom stereocenters. The summed E-state index contributed by atoms with van der Waals surface area (Å²) in [5.74, 6) is 0. The van der Waals surface area contributed by atoms with Gasteiger partial charge in [0.15, 0.2) is 0 Å². The lowest BCUT2D eigenvalue weighted by atomic mass is 10.2. The molecule has 1 aromatic heterocycles. The van der Waals surface area contributed by atoms with E-state index in [2.05, 4.69) is 28.3 Å². The molecule has 5 heteroatoms. The van der Waals surface area contributed by atoms with E-state index in [1.807, 2.05) is 18.2 Å². The first-order valence-corrected chi connectivity index (χ1v) is 6.92. The number of hydrogen-bond acceptors (Lipinski definition) is 4. The quantitative estimate of drug-likeness (QED) is 0.852. The van der Waals surface area contributed by atoms with E-state index in [4.69, 9.17) is 11.6 Å². The van der Waals surface area contributed by atoms with Crippen molar-refractivity contribution in [1.82, 2.24) is 15.3 Å². The molecule has 0 aliphatic rings. The predicted octanol–water partition coefficient (Wildman–Crippen LogP) is 3.39. The average Bonchev–Trinajstić information content (AvgIpc) is 2.39. The van der Waals surface area contributed by atoms with Gasteiger partial charge < -0.3 is 5.32 Å². The number of halogens is 1. The Labute approximate surface area is 116 Å². The minimum atomic E-state index is 0.767. The molecule has 3 nitrogen and oxygen atoms in total. The Bertz CT molecular complexity index is 505. The zero-order chi connectivity index (χ0) is 12.8. The van der Waals surface area contributed by atoms with Crippen molar-refractivity contribution in [2.75, 3.05) is 6.54 Å². The molecule has 0 radical (unpaired) electrons. The Morgan fingerprint density at radius 3 is 2.94 bits per heavy atom. The molecule has 0 aliphatic carbocycles. The first-order valence-electron chi connectivity index (χ1n) is 5.73. The summed E-state index contributed by atoms with van der Waals surface area (Å²) in [7, 11) is 0. The van der Waals surface area contributed by atoms with E-state index < -0.39 is 0 Å². The van der Waals surface area contributed by atoms with Gasteiger partial charge in [0.25, 0.3) is 0 Å². The van der Waals surface area contributed by atoms with Crippen LogP contribution in [0, 0.1) is 0 Å². The fourth-order valence-corrected chi connectivity index (χ4v) is 2.71. The fraction of sp³-hybridized carbons (Fsp3) is 0.231. The summed E-state index contributed by atoms with van der Waals surface area (Å²) in [5.41, 5.74) is 1.12. The molecule has 2 aromatic rings. The maximum absolute atomic E-state index is 6.25. The standard InChI is InChI=1S/C13H14ClN3S/c1-2-15-8-10-11(14)4-3-5-12(10)18-13-6-7-16-9-17-13/h3-7,9,15H,2,8H2,1H3. The third-order valence-electron chi connectivity index (χ3n) is 2.40. The monoisotopic (exact) mass is 279 g/mol. The Morgan fingerprint density at radius 2 is 2.22 bits per heavy atom. The molecule has 0 saturated carbocycles. The van der Waals surface area contributed by atoms with Crippen LogP contribution in [0.15, 0.2) is 46.7 Å². The van der Waals surface area contributed by atoms with Crippen LogP contribution in [-0.4, -0.2) is 16.5 Å². The highest BCUT2D eigenvalue weighted by atomic mass is 35.5. The van der Waals surface area contributed by atoms with Crippen LogP contribution in [0.1, 0.15) is 12.5 Å². The first-order chi connectivity index (χ1) is 8.81. The van der Waals surface area contributed by atoms with Crippen molar-refractivity contribution in [3.05, 3.63) is 47.4 Å². The van der Waals surface area contributed by atoms with E-state index >= 15 is 0 Å². The van der Waals surface area contributed by atoms with Crippen LogP contribution in [0.3, 0.4) is 0 Å². The Kier molecular flexibility index (Phi) is 4.99. The van der Waals surface area contributed by atoms with Crippen molar-refractivity contribution < 1.29 is 0 Å². The molecule has 0 spiro atoms. The molecule has 1 aromatic carbocycles. The van der Waals surface area contributed by atoms with Crippen molar-refractivity contribution in [2.45, 2.75) is 23.4 Å². The van der Waals surface area contributed by atoms with Gasteiger partial charge in [0.05, 0.1) is 0 Å². The van der Waals surface area contributed by atoms with E-state index in [-0.39, 0.29) is 0 Å². The lowest BCUT2D eigenvalue weighted by Gasteiger charge is -2.10. The van der Waals surface area contributed by atoms with Gasteiger partial charge in [-0.3, -0.25) is 0 Å². The van der Waals surface area contributed by atoms with E-state index in [0.717, 1.165) is 33.6 Å². The summed E-state index contributed by atoms with van der Waals surface area (Å²) in [6.07, 6.45) is 3.29. The van der Waals surface area contributed by atoms with Crippen LogP contribution in [0.4, 0.5) is 0 Å². The number of aromatic nitrogens is 2. The van der Waals surface area contributed by atoms with E-state index in [9.17, 15) is 0 Å². The molecule has 0 unspecified atom stereocenters. The molecule has 0 saturated heterocycles. The summed E-state index contributed by atoms with van der Waals surface area (Å²) >= 11 is 7.85. The number of rotatable bonds is 5. The molecule has 18 heavy (non-hydrogen) atoms. The maximum atomic E-state index is 6.25. The van der Waals surface area contributed by atoms with E-state index in [1.165, 1.54) is 0 Å². The van der Waals surface area contributed by atoms with Crippen LogP contribution < -0.4 is 5.32 Å². The van der Waals surface area contributed by atoms with Gasteiger partial charge in [0.1, 0.15) is 11.4 Å². The molecule has 0 aliphatic heterocycles. The number of benzene rings is 1. The second kappa shape index (κ2) is 6.73. The maximum Gasteiger partial charge on any atom is 0.116 e. The Balaban J connectivity index is 2.24. The smallest absolute Gasteiger partial charge is 0.116 e. The third kappa shape index (κ3) is 3.45.